The Kier molecular flexibility index (Phi) is 7.11. The Hall–Kier alpha value is -4.24. The molecule has 0 saturated heterocycles. The highest BCUT2D eigenvalue weighted by Crippen LogP contribution is 2.34. The third-order valence-corrected chi connectivity index (χ3v) is 7.34. The quantitative estimate of drug-likeness (QED) is 0.350. The number of nitrogens with zero attached hydrogens (tertiary/aromatic N) is 6. The molecule has 2 aromatic carbocycles. The molecule has 0 radical (unpaired) electrons. The van der Waals surface area contributed by atoms with E-state index in [-0.39, 0.29) is 5.91 Å². The van der Waals surface area contributed by atoms with Gasteiger partial charge >= 0.3 is 0 Å². The van der Waals surface area contributed by atoms with Crippen molar-refractivity contribution >= 4 is 28.4 Å². The van der Waals surface area contributed by atoms with Crippen molar-refractivity contribution in [1.82, 2.24) is 24.6 Å². The van der Waals surface area contributed by atoms with E-state index in [1.54, 1.807) is 29.8 Å². The number of carbonyl (C=O) groups is 1. The first-order valence-corrected chi connectivity index (χ1v) is 12.8. The molecule has 2 N–H and O–H groups in total. The summed E-state index contributed by atoms with van der Waals surface area (Å²) in [7, 11) is 5.53. The maximum atomic E-state index is 12.7. The summed E-state index contributed by atoms with van der Waals surface area (Å²) < 4.78 is 7.26. The van der Waals surface area contributed by atoms with Crippen LogP contribution < -0.4 is 15.4 Å². The summed E-state index contributed by atoms with van der Waals surface area (Å²) in [5, 5.41) is 5.54. The fourth-order valence-electron chi connectivity index (χ4n) is 4.68. The molecule has 2 heterocycles. The van der Waals surface area contributed by atoms with E-state index in [0.29, 0.717) is 28.6 Å². The second kappa shape index (κ2) is 10.6. The number of ether oxygens (including phenoxy) is 1. The first-order chi connectivity index (χ1) is 18.4. The minimum absolute atomic E-state index is 0.0691. The molecule has 5 rings (SSSR count). The number of hydrogen-bond donors (Lipinski definition) is 1. The molecular weight excluding hydrogens is 478 g/mol. The third kappa shape index (κ3) is 4.84. The van der Waals surface area contributed by atoms with Gasteiger partial charge in [-0.15, -0.1) is 0 Å². The van der Waals surface area contributed by atoms with Gasteiger partial charge in [-0.25, -0.2) is 14.6 Å². The second-order valence-corrected chi connectivity index (χ2v) is 9.74. The average Bonchev–Trinajstić information content (AvgIpc) is 3.28. The van der Waals surface area contributed by atoms with Crippen LogP contribution in [0, 0.1) is 6.92 Å². The summed E-state index contributed by atoms with van der Waals surface area (Å²) >= 11 is 0. The molecule has 9 heteroatoms. The zero-order chi connectivity index (χ0) is 26.8. The molecule has 0 aliphatic heterocycles. The Balaban J connectivity index is 1.40. The van der Waals surface area contributed by atoms with Crippen LogP contribution in [0.3, 0.4) is 0 Å². The molecule has 0 spiro atoms. The number of aryl methyl sites for hydroxylation is 1. The van der Waals surface area contributed by atoms with Crippen LogP contribution >= 0.6 is 0 Å². The van der Waals surface area contributed by atoms with Crippen molar-refractivity contribution in [1.29, 1.82) is 0 Å². The highest BCUT2D eigenvalue weighted by Gasteiger charge is 2.21. The Labute approximate surface area is 222 Å². The number of nitrogens with two attached hydrogens (primary N) is 1. The summed E-state index contributed by atoms with van der Waals surface area (Å²) in [6.45, 7) is 2.76. The van der Waals surface area contributed by atoms with Crippen molar-refractivity contribution in [2.75, 3.05) is 38.4 Å². The summed E-state index contributed by atoms with van der Waals surface area (Å²) in [5.74, 6) is 1.05. The number of fused-ring (bicyclic) bond motifs is 1. The van der Waals surface area contributed by atoms with Gasteiger partial charge in [0, 0.05) is 37.0 Å². The number of carbonyl (C=O) groups excluding carboxylic acids is 1. The molecule has 38 heavy (non-hydrogen) atoms. The molecule has 1 fully saturated rings. The number of hydrogen-bond acceptors (Lipinski definition) is 7. The highest BCUT2D eigenvalue weighted by molar-refractivity contribution is 6.01. The van der Waals surface area contributed by atoms with Gasteiger partial charge in [0.05, 0.1) is 18.2 Å². The third-order valence-electron chi connectivity index (χ3n) is 7.34. The van der Waals surface area contributed by atoms with E-state index in [1.807, 2.05) is 55.5 Å². The normalized spacial score (nSPS) is 13.8. The molecule has 9 nitrogen and oxygen atoms in total. The number of likely N-dealkylation sites (N-methyl/N-ethyl adjacent to an activating group) is 2. The first kappa shape index (κ1) is 25.4. The Morgan fingerprint density at radius 1 is 1.16 bits per heavy atom. The largest absolute Gasteiger partial charge is 0.496 e. The van der Waals surface area contributed by atoms with Gasteiger partial charge in [-0.05, 0) is 62.7 Å². The van der Waals surface area contributed by atoms with E-state index in [2.05, 4.69) is 21.9 Å². The number of methoxy groups -OCH3 is 1. The van der Waals surface area contributed by atoms with Gasteiger partial charge in [0.1, 0.15) is 23.6 Å². The number of amides is 1. The van der Waals surface area contributed by atoms with Crippen LogP contribution in [0.1, 0.15) is 24.8 Å². The lowest BCUT2D eigenvalue weighted by molar-refractivity contribution is -0.113. The zero-order valence-corrected chi connectivity index (χ0v) is 22.3. The summed E-state index contributed by atoms with van der Waals surface area (Å²) in [6.07, 6.45) is 8.81. The van der Waals surface area contributed by atoms with Crippen molar-refractivity contribution in [2.24, 2.45) is 0 Å². The van der Waals surface area contributed by atoms with Crippen LogP contribution in [0.15, 0.2) is 60.9 Å². The molecular formula is C29H33N7O2. The van der Waals surface area contributed by atoms with Crippen LogP contribution in [0.5, 0.6) is 5.75 Å². The number of nitrogen functional groups attached to an aromatic ring is 1. The van der Waals surface area contributed by atoms with Crippen molar-refractivity contribution in [3.63, 3.8) is 0 Å². The predicted octanol–water partition coefficient (Wildman–Crippen LogP) is 4.39. The van der Waals surface area contributed by atoms with Crippen LogP contribution in [-0.4, -0.2) is 64.3 Å². The molecule has 1 amide bonds. The molecule has 0 unspecified atom stereocenters. The summed E-state index contributed by atoms with van der Waals surface area (Å²) in [5.41, 5.74) is 11.0. The number of rotatable bonds is 8. The fraction of sp³-hybridized carbons (Fsp3) is 0.310. The monoisotopic (exact) mass is 511 g/mol. The fourth-order valence-corrected chi connectivity index (χ4v) is 4.68. The van der Waals surface area contributed by atoms with Gasteiger partial charge in [-0.2, -0.15) is 5.10 Å². The van der Waals surface area contributed by atoms with E-state index in [1.165, 1.54) is 25.6 Å². The molecule has 2 aromatic heterocycles. The van der Waals surface area contributed by atoms with Crippen molar-refractivity contribution in [3.8, 4) is 22.7 Å². The summed E-state index contributed by atoms with van der Waals surface area (Å²) in [4.78, 5) is 25.4. The lowest BCUT2D eigenvalue weighted by Crippen LogP contribution is -2.37. The van der Waals surface area contributed by atoms with E-state index in [0.717, 1.165) is 34.8 Å². The van der Waals surface area contributed by atoms with Crippen LogP contribution in [-0.2, 0) is 4.79 Å². The smallest absolute Gasteiger partial charge is 0.250 e. The zero-order valence-electron chi connectivity index (χ0n) is 22.3. The van der Waals surface area contributed by atoms with Crippen LogP contribution in [0.2, 0.25) is 0 Å². The number of anilines is 2. The van der Waals surface area contributed by atoms with Gasteiger partial charge in [-0.1, -0.05) is 24.6 Å². The van der Waals surface area contributed by atoms with Crippen molar-refractivity contribution in [3.05, 3.63) is 66.5 Å². The molecule has 4 aromatic rings. The maximum Gasteiger partial charge on any atom is 0.250 e. The molecule has 0 bridgehead atoms. The SMILES string of the molecule is COc1cc(-c2nn(-c3ccc(N(C)C(=O)C=CCN(C)C4CCC4)cc3)c3ncnc(N)c23)ccc1C. The molecule has 1 aliphatic rings. The molecule has 1 aliphatic carbocycles. The molecule has 1 saturated carbocycles. The Bertz CT molecular complexity index is 1490. The Morgan fingerprint density at radius 2 is 1.92 bits per heavy atom. The lowest BCUT2D eigenvalue weighted by atomic mass is 9.92. The van der Waals surface area contributed by atoms with E-state index in [9.17, 15) is 4.79 Å². The minimum atomic E-state index is -0.0691. The predicted molar refractivity (Wildman–Crippen MR) is 151 cm³/mol. The minimum Gasteiger partial charge on any atom is -0.496 e. The topological polar surface area (TPSA) is 102 Å². The molecule has 196 valence electrons. The molecule has 0 atom stereocenters. The van der Waals surface area contributed by atoms with Gasteiger partial charge in [0.15, 0.2) is 5.65 Å². The number of aromatic nitrogens is 4. The number of benzene rings is 2. The average molecular weight is 512 g/mol. The van der Waals surface area contributed by atoms with Gasteiger partial charge < -0.3 is 15.4 Å². The van der Waals surface area contributed by atoms with E-state index < -0.39 is 0 Å². The maximum absolute atomic E-state index is 12.7. The van der Waals surface area contributed by atoms with Crippen molar-refractivity contribution in [2.45, 2.75) is 32.2 Å². The van der Waals surface area contributed by atoms with Gasteiger partial charge in [0.25, 0.3) is 0 Å². The van der Waals surface area contributed by atoms with E-state index >= 15 is 0 Å². The van der Waals surface area contributed by atoms with Crippen LogP contribution in [0.4, 0.5) is 11.5 Å². The first-order valence-electron chi connectivity index (χ1n) is 12.8. The van der Waals surface area contributed by atoms with Crippen molar-refractivity contribution < 1.29 is 9.53 Å². The van der Waals surface area contributed by atoms with Gasteiger partial charge in [-0.3, -0.25) is 9.69 Å². The van der Waals surface area contributed by atoms with Crippen LogP contribution in [0.25, 0.3) is 28.0 Å². The standard InChI is InChI=1S/C29H33N7O2/c1-19-10-11-20(17-24(19)38-4)27-26-28(30)31-18-32-29(26)36(33-27)23-14-12-22(13-15-23)35(3)25(37)9-6-16-34(2)21-7-5-8-21/h6,9-15,17-18,21H,5,7-8,16H2,1-4H3,(H2,30,31,32). The Morgan fingerprint density at radius 3 is 2.61 bits per heavy atom. The van der Waals surface area contributed by atoms with E-state index in [4.69, 9.17) is 15.6 Å². The summed E-state index contributed by atoms with van der Waals surface area (Å²) in [6, 6.07) is 14.2. The lowest BCUT2D eigenvalue weighted by Gasteiger charge is -2.33. The van der Waals surface area contributed by atoms with Gasteiger partial charge in [0.2, 0.25) is 5.91 Å². The second-order valence-electron chi connectivity index (χ2n) is 9.74. The highest BCUT2D eigenvalue weighted by atomic mass is 16.5.